The van der Waals surface area contributed by atoms with Crippen LogP contribution in [-0.4, -0.2) is 18.6 Å². The van der Waals surface area contributed by atoms with Gasteiger partial charge in [0.1, 0.15) is 4.90 Å². The monoisotopic (exact) mass is 285 g/mol. The summed E-state index contributed by atoms with van der Waals surface area (Å²) in [5, 5.41) is 6.65. The molecule has 0 saturated carbocycles. The first kappa shape index (κ1) is 12.9. The van der Waals surface area contributed by atoms with Gasteiger partial charge in [0.2, 0.25) is 0 Å². The summed E-state index contributed by atoms with van der Waals surface area (Å²) in [5.74, 6) is 0. The van der Waals surface area contributed by atoms with Crippen LogP contribution in [0.4, 0.5) is 5.69 Å². The first-order valence-electron chi connectivity index (χ1n) is 5.20. The minimum Gasteiger partial charge on any atom is -0.281 e. The van der Waals surface area contributed by atoms with Gasteiger partial charge in [-0.2, -0.15) is 5.10 Å². The van der Waals surface area contributed by atoms with E-state index in [1.54, 1.807) is 32.0 Å². The Hall–Kier alpha value is -1.53. The largest absolute Gasteiger partial charge is 0.281 e. The van der Waals surface area contributed by atoms with Crippen LogP contribution in [0.3, 0.4) is 0 Å². The number of aryl methyl sites for hydroxylation is 2. The van der Waals surface area contributed by atoms with E-state index in [2.05, 4.69) is 14.9 Å². The Labute approximate surface area is 110 Å². The number of aromatic amines is 1. The second kappa shape index (κ2) is 4.62. The number of nitrogens with zero attached hydrogens (tertiary/aromatic N) is 1. The van der Waals surface area contributed by atoms with E-state index >= 15 is 0 Å². The number of para-hydroxylation sites is 1. The highest BCUT2D eigenvalue weighted by atomic mass is 35.5. The minimum atomic E-state index is -3.67. The molecule has 0 bridgehead atoms. The zero-order valence-electron chi connectivity index (χ0n) is 9.86. The molecule has 1 aromatic carbocycles. The summed E-state index contributed by atoms with van der Waals surface area (Å²) in [6, 6.07) is 5.18. The molecule has 0 atom stereocenters. The van der Waals surface area contributed by atoms with Crippen molar-refractivity contribution in [2.24, 2.45) is 0 Å². The van der Waals surface area contributed by atoms with E-state index in [0.29, 0.717) is 16.4 Å². The molecular formula is C11H12ClN3O2S. The lowest BCUT2D eigenvalue weighted by molar-refractivity contribution is 0.600. The zero-order valence-corrected chi connectivity index (χ0v) is 11.4. The summed E-state index contributed by atoms with van der Waals surface area (Å²) < 4.78 is 26.8. The number of hydrogen-bond donors (Lipinski definition) is 2. The van der Waals surface area contributed by atoms with E-state index < -0.39 is 10.0 Å². The number of rotatable bonds is 3. The van der Waals surface area contributed by atoms with Crippen LogP contribution < -0.4 is 4.72 Å². The fourth-order valence-corrected chi connectivity index (χ4v) is 3.18. The highest BCUT2D eigenvalue weighted by molar-refractivity contribution is 7.92. The lowest BCUT2D eigenvalue weighted by atomic mass is 10.2. The molecule has 1 aromatic heterocycles. The third-order valence-corrected chi connectivity index (χ3v) is 4.31. The van der Waals surface area contributed by atoms with E-state index in [0.717, 1.165) is 5.56 Å². The molecular weight excluding hydrogens is 274 g/mol. The summed E-state index contributed by atoms with van der Waals surface area (Å²) in [6.07, 6.45) is 1.27. The SMILES string of the molecule is Cc1cccc(Cl)c1NS(=O)(=O)c1cn[nH]c1C. The first-order valence-corrected chi connectivity index (χ1v) is 7.06. The second-order valence-corrected chi connectivity index (χ2v) is 5.95. The van der Waals surface area contributed by atoms with Crippen LogP contribution in [0.25, 0.3) is 0 Å². The predicted molar refractivity (Wildman–Crippen MR) is 70.3 cm³/mol. The molecule has 2 rings (SSSR count). The number of hydrogen-bond acceptors (Lipinski definition) is 3. The maximum absolute atomic E-state index is 12.2. The highest BCUT2D eigenvalue weighted by Gasteiger charge is 2.20. The van der Waals surface area contributed by atoms with Crippen LogP contribution >= 0.6 is 11.6 Å². The second-order valence-electron chi connectivity index (χ2n) is 3.90. The van der Waals surface area contributed by atoms with E-state index in [9.17, 15) is 8.42 Å². The molecule has 0 radical (unpaired) electrons. The summed E-state index contributed by atoms with van der Waals surface area (Å²) in [5.41, 5.74) is 1.62. The summed E-state index contributed by atoms with van der Waals surface area (Å²) in [4.78, 5) is 0.113. The third kappa shape index (κ3) is 2.34. The Morgan fingerprint density at radius 2 is 2.06 bits per heavy atom. The number of halogens is 1. The number of benzene rings is 1. The molecule has 7 heteroatoms. The lowest BCUT2D eigenvalue weighted by Crippen LogP contribution is -2.14. The summed E-state index contributed by atoms with van der Waals surface area (Å²) in [6.45, 7) is 3.42. The molecule has 1 heterocycles. The fraction of sp³-hybridized carbons (Fsp3) is 0.182. The number of sulfonamides is 1. The standard InChI is InChI=1S/C11H12ClN3O2S/c1-7-4-3-5-9(12)11(7)15-18(16,17)10-6-13-14-8(10)2/h3-6,15H,1-2H3,(H,13,14). The van der Waals surface area contributed by atoms with Crippen molar-refractivity contribution >= 4 is 27.3 Å². The first-order chi connectivity index (χ1) is 8.42. The maximum Gasteiger partial charge on any atom is 0.265 e. The molecule has 5 nitrogen and oxygen atoms in total. The Kier molecular flexibility index (Phi) is 3.32. The lowest BCUT2D eigenvalue weighted by Gasteiger charge is -2.11. The molecule has 0 aliphatic rings. The van der Waals surface area contributed by atoms with Crippen molar-refractivity contribution in [1.29, 1.82) is 0 Å². The van der Waals surface area contributed by atoms with Gasteiger partial charge in [-0.15, -0.1) is 0 Å². The highest BCUT2D eigenvalue weighted by Crippen LogP contribution is 2.28. The topological polar surface area (TPSA) is 74.8 Å². The molecule has 0 amide bonds. The predicted octanol–water partition coefficient (Wildman–Crippen LogP) is 2.48. The van der Waals surface area contributed by atoms with E-state index in [4.69, 9.17) is 11.6 Å². The van der Waals surface area contributed by atoms with E-state index in [-0.39, 0.29) is 4.90 Å². The van der Waals surface area contributed by atoms with Crippen molar-refractivity contribution in [2.75, 3.05) is 4.72 Å². The van der Waals surface area contributed by atoms with Gasteiger partial charge < -0.3 is 0 Å². The van der Waals surface area contributed by atoms with Gasteiger partial charge in [0.05, 0.1) is 22.6 Å². The summed E-state index contributed by atoms with van der Waals surface area (Å²) in [7, 11) is -3.67. The molecule has 96 valence electrons. The quantitative estimate of drug-likeness (QED) is 0.910. The van der Waals surface area contributed by atoms with Gasteiger partial charge in [0.25, 0.3) is 10.0 Å². The number of H-pyrrole nitrogens is 1. The van der Waals surface area contributed by atoms with Crippen molar-refractivity contribution in [2.45, 2.75) is 18.7 Å². The van der Waals surface area contributed by atoms with Crippen molar-refractivity contribution in [3.05, 3.63) is 40.7 Å². The van der Waals surface area contributed by atoms with Gasteiger partial charge in [-0.25, -0.2) is 8.42 Å². The average molecular weight is 286 g/mol. The number of anilines is 1. The molecule has 0 unspecified atom stereocenters. The smallest absolute Gasteiger partial charge is 0.265 e. The Morgan fingerprint density at radius 1 is 1.33 bits per heavy atom. The minimum absolute atomic E-state index is 0.113. The molecule has 0 fully saturated rings. The van der Waals surface area contributed by atoms with Crippen molar-refractivity contribution in [3.63, 3.8) is 0 Å². The van der Waals surface area contributed by atoms with Gasteiger partial charge in [-0.05, 0) is 25.5 Å². The van der Waals surface area contributed by atoms with E-state index in [1.165, 1.54) is 6.20 Å². The third-order valence-electron chi connectivity index (χ3n) is 2.53. The molecule has 2 aromatic rings. The fourth-order valence-electron chi connectivity index (χ4n) is 1.56. The number of nitrogens with one attached hydrogen (secondary N) is 2. The van der Waals surface area contributed by atoms with Crippen LogP contribution in [0.15, 0.2) is 29.3 Å². The number of aromatic nitrogens is 2. The zero-order chi connectivity index (χ0) is 13.3. The molecule has 18 heavy (non-hydrogen) atoms. The van der Waals surface area contributed by atoms with Crippen LogP contribution in [-0.2, 0) is 10.0 Å². The van der Waals surface area contributed by atoms with Crippen LogP contribution in [0.1, 0.15) is 11.3 Å². The normalized spacial score (nSPS) is 11.5. The van der Waals surface area contributed by atoms with Gasteiger partial charge >= 0.3 is 0 Å². The van der Waals surface area contributed by atoms with Gasteiger partial charge in [0, 0.05) is 0 Å². The van der Waals surface area contributed by atoms with Crippen molar-refractivity contribution < 1.29 is 8.42 Å². The Balaban J connectivity index is 2.44. The Bertz CT molecular complexity index is 659. The van der Waals surface area contributed by atoms with Gasteiger partial charge in [-0.3, -0.25) is 9.82 Å². The van der Waals surface area contributed by atoms with Crippen LogP contribution in [0, 0.1) is 13.8 Å². The van der Waals surface area contributed by atoms with Gasteiger partial charge in [-0.1, -0.05) is 23.7 Å². The van der Waals surface area contributed by atoms with Gasteiger partial charge in [0.15, 0.2) is 0 Å². The van der Waals surface area contributed by atoms with Crippen LogP contribution in [0.2, 0.25) is 5.02 Å². The molecule has 0 spiro atoms. The average Bonchev–Trinajstić information content (AvgIpc) is 2.71. The molecule has 0 aliphatic carbocycles. The van der Waals surface area contributed by atoms with E-state index in [1.807, 2.05) is 0 Å². The summed E-state index contributed by atoms with van der Waals surface area (Å²) >= 11 is 5.99. The maximum atomic E-state index is 12.2. The molecule has 2 N–H and O–H groups in total. The molecule has 0 saturated heterocycles. The van der Waals surface area contributed by atoms with Crippen LogP contribution in [0.5, 0.6) is 0 Å². The van der Waals surface area contributed by atoms with Crippen molar-refractivity contribution in [1.82, 2.24) is 10.2 Å². The molecule has 0 aliphatic heterocycles. The Morgan fingerprint density at radius 3 is 2.61 bits per heavy atom. The van der Waals surface area contributed by atoms with Crippen molar-refractivity contribution in [3.8, 4) is 0 Å².